The molecular weight excluding hydrogens is 364 g/mol. The molecule has 0 atom stereocenters. The van der Waals surface area contributed by atoms with E-state index in [-0.39, 0.29) is 0 Å². The summed E-state index contributed by atoms with van der Waals surface area (Å²) in [4.78, 5) is 9.28. The van der Waals surface area contributed by atoms with Gasteiger partial charge in [-0.3, -0.25) is 0 Å². The number of piperazine rings is 1. The minimum atomic E-state index is 0.644. The van der Waals surface area contributed by atoms with Gasteiger partial charge in [0.1, 0.15) is 5.75 Å². The molecule has 2 aromatic carbocycles. The number of ether oxygens (including phenoxy) is 1. The zero-order valence-corrected chi connectivity index (χ0v) is 17.1. The molecule has 4 rings (SSSR count). The van der Waals surface area contributed by atoms with E-state index in [4.69, 9.17) is 4.74 Å². The van der Waals surface area contributed by atoms with E-state index in [2.05, 4.69) is 62.3 Å². The molecule has 29 heavy (non-hydrogen) atoms. The molecule has 1 N–H and O–H groups in total. The minimum absolute atomic E-state index is 0.644. The molecule has 1 aliphatic heterocycles. The Morgan fingerprint density at radius 1 is 0.931 bits per heavy atom. The van der Waals surface area contributed by atoms with Crippen LogP contribution in [0.4, 0.5) is 23.1 Å². The van der Waals surface area contributed by atoms with Crippen LogP contribution in [0.2, 0.25) is 0 Å². The first kappa shape index (κ1) is 19.0. The smallest absolute Gasteiger partial charge is 0.247 e. The van der Waals surface area contributed by atoms with E-state index in [1.807, 2.05) is 24.3 Å². The van der Waals surface area contributed by atoms with Gasteiger partial charge in [0.25, 0.3) is 0 Å². The van der Waals surface area contributed by atoms with E-state index in [0.717, 1.165) is 37.6 Å². The number of hydrogen-bond acceptors (Lipinski definition) is 7. The Morgan fingerprint density at radius 2 is 1.69 bits per heavy atom. The van der Waals surface area contributed by atoms with Crippen molar-refractivity contribution in [3.63, 3.8) is 0 Å². The van der Waals surface area contributed by atoms with Crippen molar-refractivity contribution in [2.24, 2.45) is 0 Å². The number of anilines is 4. The van der Waals surface area contributed by atoms with Crippen LogP contribution in [-0.2, 0) is 0 Å². The van der Waals surface area contributed by atoms with Crippen LogP contribution in [-0.4, -0.2) is 48.5 Å². The summed E-state index contributed by atoms with van der Waals surface area (Å²) in [5.41, 5.74) is 4.84. The van der Waals surface area contributed by atoms with Crippen LogP contribution < -0.4 is 19.9 Å². The molecule has 1 fully saturated rings. The van der Waals surface area contributed by atoms with Gasteiger partial charge in [0.05, 0.1) is 19.0 Å². The third kappa shape index (κ3) is 4.08. The Labute approximate surface area is 171 Å². The SMILES string of the molecule is COc1ccccc1Nc1cnnc(N2CCN(c3cccc(C)c3C)CC2)n1. The quantitative estimate of drug-likeness (QED) is 0.714. The maximum absolute atomic E-state index is 5.39. The number of aromatic nitrogens is 3. The van der Waals surface area contributed by atoms with Gasteiger partial charge in [0.15, 0.2) is 5.82 Å². The predicted octanol–water partition coefficient (Wildman–Crippen LogP) is 3.57. The number of rotatable bonds is 5. The Hall–Kier alpha value is -3.35. The Morgan fingerprint density at radius 3 is 2.48 bits per heavy atom. The van der Waals surface area contributed by atoms with E-state index < -0.39 is 0 Å². The van der Waals surface area contributed by atoms with Gasteiger partial charge in [-0.05, 0) is 43.2 Å². The van der Waals surface area contributed by atoms with Crippen LogP contribution in [0.5, 0.6) is 5.75 Å². The number of hydrogen-bond donors (Lipinski definition) is 1. The lowest BCUT2D eigenvalue weighted by molar-refractivity contribution is 0.417. The third-order valence-electron chi connectivity index (χ3n) is 5.40. The molecule has 7 heteroatoms. The van der Waals surface area contributed by atoms with Crippen LogP contribution >= 0.6 is 0 Å². The van der Waals surface area contributed by atoms with E-state index in [1.165, 1.54) is 16.8 Å². The lowest BCUT2D eigenvalue weighted by Gasteiger charge is -2.36. The fourth-order valence-electron chi connectivity index (χ4n) is 3.60. The largest absolute Gasteiger partial charge is 0.495 e. The van der Waals surface area contributed by atoms with Gasteiger partial charge in [-0.25, -0.2) is 0 Å². The Bertz CT molecular complexity index is 985. The zero-order chi connectivity index (χ0) is 20.2. The Balaban J connectivity index is 1.45. The summed E-state index contributed by atoms with van der Waals surface area (Å²) in [6.07, 6.45) is 1.63. The number of aryl methyl sites for hydroxylation is 1. The van der Waals surface area contributed by atoms with Crippen LogP contribution in [0.3, 0.4) is 0 Å². The monoisotopic (exact) mass is 390 g/mol. The highest BCUT2D eigenvalue weighted by molar-refractivity contribution is 5.64. The predicted molar refractivity (Wildman–Crippen MR) is 116 cm³/mol. The number of nitrogens with zero attached hydrogens (tertiary/aromatic N) is 5. The van der Waals surface area contributed by atoms with Crippen molar-refractivity contribution in [3.8, 4) is 5.75 Å². The Kier molecular flexibility index (Phi) is 5.46. The summed E-state index contributed by atoms with van der Waals surface area (Å²) in [5, 5.41) is 11.7. The lowest BCUT2D eigenvalue weighted by atomic mass is 10.1. The average Bonchev–Trinajstić information content (AvgIpc) is 2.76. The van der Waals surface area contributed by atoms with Crippen LogP contribution in [0.15, 0.2) is 48.7 Å². The van der Waals surface area contributed by atoms with Crippen molar-refractivity contribution < 1.29 is 4.74 Å². The number of nitrogens with one attached hydrogen (secondary N) is 1. The zero-order valence-electron chi connectivity index (χ0n) is 17.1. The van der Waals surface area contributed by atoms with Crippen LogP contribution in [0.25, 0.3) is 0 Å². The molecule has 7 nitrogen and oxygen atoms in total. The second kappa shape index (κ2) is 8.34. The highest BCUT2D eigenvalue weighted by atomic mass is 16.5. The molecule has 0 unspecified atom stereocenters. The molecule has 0 bridgehead atoms. The van der Waals surface area contributed by atoms with Crippen molar-refractivity contribution in [2.45, 2.75) is 13.8 Å². The van der Waals surface area contributed by atoms with E-state index in [0.29, 0.717) is 11.8 Å². The van der Waals surface area contributed by atoms with Gasteiger partial charge in [-0.1, -0.05) is 24.3 Å². The van der Waals surface area contributed by atoms with Crippen molar-refractivity contribution in [2.75, 3.05) is 48.4 Å². The first-order valence-electron chi connectivity index (χ1n) is 9.81. The van der Waals surface area contributed by atoms with Gasteiger partial charge in [0, 0.05) is 31.9 Å². The molecule has 0 amide bonds. The number of para-hydroxylation sites is 2. The molecule has 3 aromatic rings. The van der Waals surface area contributed by atoms with E-state index in [1.54, 1.807) is 13.3 Å². The van der Waals surface area contributed by atoms with Crippen molar-refractivity contribution in [3.05, 3.63) is 59.8 Å². The fourth-order valence-corrected chi connectivity index (χ4v) is 3.60. The first-order valence-corrected chi connectivity index (χ1v) is 9.81. The first-order chi connectivity index (χ1) is 14.2. The summed E-state index contributed by atoms with van der Waals surface area (Å²) < 4.78 is 5.39. The summed E-state index contributed by atoms with van der Waals surface area (Å²) in [7, 11) is 1.65. The molecule has 0 spiro atoms. The van der Waals surface area contributed by atoms with Gasteiger partial charge >= 0.3 is 0 Å². The minimum Gasteiger partial charge on any atom is -0.495 e. The lowest BCUT2D eigenvalue weighted by Crippen LogP contribution is -2.47. The third-order valence-corrected chi connectivity index (χ3v) is 5.40. The van der Waals surface area contributed by atoms with E-state index in [9.17, 15) is 0 Å². The van der Waals surface area contributed by atoms with Gasteiger partial charge in [-0.15, -0.1) is 5.10 Å². The number of methoxy groups -OCH3 is 1. The molecule has 1 aromatic heterocycles. The second-order valence-corrected chi connectivity index (χ2v) is 7.16. The molecule has 2 heterocycles. The van der Waals surface area contributed by atoms with E-state index >= 15 is 0 Å². The second-order valence-electron chi connectivity index (χ2n) is 7.16. The van der Waals surface area contributed by atoms with Gasteiger partial charge < -0.3 is 19.9 Å². The average molecular weight is 390 g/mol. The standard InChI is InChI=1S/C22H26N6O/c1-16-7-6-9-19(17(16)2)27-11-13-28(14-12-27)22-25-21(15-23-26-22)24-18-8-4-5-10-20(18)29-3/h4-10,15H,11-14H2,1-3H3,(H,24,25,26). The summed E-state index contributed by atoms with van der Waals surface area (Å²) in [5.74, 6) is 2.05. The normalized spacial score (nSPS) is 14.0. The molecule has 1 aliphatic rings. The van der Waals surface area contributed by atoms with Crippen molar-refractivity contribution in [1.29, 1.82) is 0 Å². The maximum Gasteiger partial charge on any atom is 0.247 e. The highest BCUT2D eigenvalue weighted by Crippen LogP contribution is 2.27. The van der Waals surface area contributed by atoms with Crippen LogP contribution in [0, 0.1) is 13.8 Å². The molecular formula is C22H26N6O. The topological polar surface area (TPSA) is 66.4 Å². The van der Waals surface area contributed by atoms with Gasteiger partial charge in [0.2, 0.25) is 5.95 Å². The fraction of sp³-hybridized carbons (Fsp3) is 0.318. The number of benzene rings is 2. The molecule has 0 radical (unpaired) electrons. The van der Waals surface area contributed by atoms with Gasteiger partial charge in [-0.2, -0.15) is 10.1 Å². The molecule has 0 aliphatic carbocycles. The highest BCUT2D eigenvalue weighted by Gasteiger charge is 2.21. The maximum atomic E-state index is 5.39. The van der Waals surface area contributed by atoms with Crippen molar-refractivity contribution >= 4 is 23.1 Å². The molecule has 1 saturated heterocycles. The summed E-state index contributed by atoms with van der Waals surface area (Å²) >= 11 is 0. The molecule has 0 saturated carbocycles. The van der Waals surface area contributed by atoms with Crippen LogP contribution in [0.1, 0.15) is 11.1 Å². The summed E-state index contributed by atoms with van der Waals surface area (Å²) in [6.45, 7) is 7.92. The van der Waals surface area contributed by atoms with Crippen molar-refractivity contribution in [1.82, 2.24) is 15.2 Å². The molecule has 150 valence electrons. The summed E-state index contributed by atoms with van der Waals surface area (Å²) in [6, 6.07) is 14.2.